The Bertz CT molecular complexity index is 1560. The largest absolute Gasteiger partial charge is 0.448 e. The lowest BCUT2D eigenvalue weighted by Gasteiger charge is -2.49. The van der Waals surface area contributed by atoms with Crippen LogP contribution < -0.4 is 5.32 Å². The Kier molecular flexibility index (Phi) is 8.44. The standard InChI is InChI=1S/C34H28N2O4S2/c37-28(21-23-13-5-1-6-14-23)35-29-32(38)36-30(27(22-41-33(29)36)42-26-19-11-4-12-20-26)34(39)40-31(24-15-7-2-8-16-24)25-17-9-3-10-18-25/h1-20,29,31,33H,21-22H2,(H,35,37)/t29-,33-/m1/s1. The molecule has 42 heavy (non-hydrogen) atoms. The van der Waals surface area contributed by atoms with Gasteiger partial charge >= 0.3 is 5.97 Å². The maximum absolute atomic E-state index is 14.1. The van der Waals surface area contributed by atoms with Gasteiger partial charge in [-0.05, 0) is 28.8 Å². The number of amides is 2. The number of rotatable bonds is 9. The summed E-state index contributed by atoms with van der Waals surface area (Å²) in [6.45, 7) is 0. The van der Waals surface area contributed by atoms with Crippen LogP contribution in [0.5, 0.6) is 0 Å². The van der Waals surface area contributed by atoms with Gasteiger partial charge in [0, 0.05) is 15.6 Å². The molecule has 2 atom stereocenters. The van der Waals surface area contributed by atoms with E-state index in [1.54, 1.807) is 0 Å². The number of nitrogens with zero attached hydrogens (tertiary/aromatic N) is 1. The van der Waals surface area contributed by atoms with Gasteiger partial charge in [0.25, 0.3) is 5.91 Å². The van der Waals surface area contributed by atoms with Crippen LogP contribution >= 0.6 is 23.5 Å². The van der Waals surface area contributed by atoms with Crippen molar-refractivity contribution < 1.29 is 19.1 Å². The first-order chi connectivity index (χ1) is 20.6. The maximum atomic E-state index is 14.1. The van der Waals surface area contributed by atoms with E-state index in [-0.39, 0.29) is 23.9 Å². The molecule has 2 heterocycles. The Morgan fingerprint density at radius 2 is 1.38 bits per heavy atom. The predicted molar refractivity (Wildman–Crippen MR) is 165 cm³/mol. The van der Waals surface area contributed by atoms with Crippen molar-refractivity contribution in [2.24, 2.45) is 0 Å². The van der Waals surface area contributed by atoms with E-state index in [2.05, 4.69) is 5.32 Å². The second kappa shape index (κ2) is 12.7. The van der Waals surface area contributed by atoms with Crippen LogP contribution in [0.2, 0.25) is 0 Å². The van der Waals surface area contributed by atoms with Crippen molar-refractivity contribution in [3.8, 4) is 0 Å². The highest BCUT2D eigenvalue weighted by Crippen LogP contribution is 2.46. The van der Waals surface area contributed by atoms with Gasteiger partial charge in [-0.1, -0.05) is 121 Å². The smallest absolute Gasteiger partial charge is 0.356 e. The minimum absolute atomic E-state index is 0.178. The molecule has 1 N–H and O–H groups in total. The number of fused-ring (bicyclic) bond motifs is 1. The second-order valence-electron chi connectivity index (χ2n) is 9.91. The van der Waals surface area contributed by atoms with Gasteiger partial charge in [-0.2, -0.15) is 0 Å². The Hall–Kier alpha value is -4.27. The molecule has 4 aromatic rings. The first kappa shape index (κ1) is 27.9. The van der Waals surface area contributed by atoms with E-state index in [1.807, 2.05) is 121 Å². The Labute approximate surface area is 253 Å². The normalized spacial score (nSPS) is 17.8. The monoisotopic (exact) mass is 592 g/mol. The Morgan fingerprint density at radius 1 is 0.833 bits per heavy atom. The van der Waals surface area contributed by atoms with Crippen molar-refractivity contribution in [2.75, 3.05) is 5.75 Å². The zero-order chi connectivity index (χ0) is 28.9. The molecule has 1 saturated heterocycles. The van der Waals surface area contributed by atoms with Crippen LogP contribution in [-0.2, 0) is 25.5 Å². The number of esters is 1. The highest BCUT2D eigenvalue weighted by molar-refractivity contribution is 8.06. The summed E-state index contributed by atoms with van der Waals surface area (Å²) in [6, 6.07) is 37.6. The van der Waals surface area contributed by atoms with Crippen LogP contribution in [0, 0.1) is 0 Å². The van der Waals surface area contributed by atoms with Gasteiger partial charge in [0.1, 0.15) is 17.1 Å². The van der Waals surface area contributed by atoms with Crippen molar-refractivity contribution in [2.45, 2.75) is 28.8 Å². The Balaban J connectivity index is 1.28. The molecule has 2 amide bonds. The third-order valence-electron chi connectivity index (χ3n) is 7.06. The number of nitrogens with one attached hydrogen (secondary N) is 1. The van der Waals surface area contributed by atoms with E-state index in [9.17, 15) is 14.4 Å². The average molecular weight is 593 g/mol. The highest BCUT2D eigenvalue weighted by atomic mass is 32.2. The zero-order valence-corrected chi connectivity index (χ0v) is 24.2. The van der Waals surface area contributed by atoms with E-state index in [4.69, 9.17) is 4.74 Å². The summed E-state index contributed by atoms with van der Waals surface area (Å²) in [5.41, 5.74) is 2.77. The van der Waals surface area contributed by atoms with Gasteiger partial charge in [0.2, 0.25) is 5.91 Å². The van der Waals surface area contributed by atoms with Crippen molar-refractivity contribution >= 4 is 41.3 Å². The molecule has 210 valence electrons. The van der Waals surface area contributed by atoms with Gasteiger partial charge in [-0.3, -0.25) is 14.5 Å². The topological polar surface area (TPSA) is 75.7 Å². The van der Waals surface area contributed by atoms with Gasteiger partial charge in [-0.15, -0.1) is 11.8 Å². The lowest BCUT2D eigenvalue weighted by atomic mass is 10.0. The number of β-lactam (4-membered cyclic amide) rings is 1. The van der Waals surface area contributed by atoms with Gasteiger partial charge in [0.05, 0.1) is 6.42 Å². The van der Waals surface area contributed by atoms with Gasteiger partial charge in [-0.25, -0.2) is 4.79 Å². The minimum Gasteiger partial charge on any atom is -0.448 e. The number of ether oxygens (including phenoxy) is 1. The molecule has 1 fully saturated rings. The van der Waals surface area contributed by atoms with Crippen molar-refractivity contribution in [3.05, 3.63) is 149 Å². The summed E-state index contributed by atoms with van der Waals surface area (Å²) in [5, 5.41) is 2.50. The summed E-state index contributed by atoms with van der Waals surface area (Å²) in [6.07, 6.45) is -0.473. The minimum atomic E-state index is -0.712. The fourth-order valence-corrected chi connectivity index (χ4v) is 7.53. The van der Waals surface area contributed by atoms with Gasteiger partial charge in [0.15, 0.2) is 6.10 Å². The molecule has 0 radical (unpaired) electrons. The fourth-order valence-electron chi connectivity index (χ4n) is 5.04. The maximum Gasteiger partial charge on any atom is 0.356 e. The number of benzene rings is 4. The fraction of sp³-hybridized carbons (Fsp3) is 0.147. The SMILES string of the molecule is O=C(Cc1ccccc1)N[C@@H]1C(=O)N2C(C(=O)OC(c3ccccc3)c3ccccc3)=C(Sc3ccccc3)CS[C@H]12. The average Bonchev–Trinajstić information content (AvgIpc) is 3.04. The summed E-state index contributed by atoms with van der Waals surface area (Å²) in [5.74, 6) is -0.614. The molecule has 0 unspecified atom stereocenters. The number of hydrogen-bond donors (Lipinski definition) is 1. The number of carbonyl (C=O) groups excluding carboxylic acids is 3. The molecule has 0 bridgehead atoms. The molecule has 0 spiro atoms. The van der Waals surface area contributed by atoms with Crippen molar-refractivity contribution in [3.63, 3.8) is 0 Å². The lowest BCUT2D eigenvalue weighted by Crippen LogP contribution is -2.70. The van der Waals surface area contributed by atoms with Crippen molar-refractivity contribution in [1.29, 1.82) is 0 Å². The number of thioether (sulfide) groups is 2. The molecule has 0 aliphatic carbocycles. The molecular weight excluding hydrogens is 565 g/mol. The van der Waals surface area contributed by atoms with E-state index in [0.717, 1.165) is 26.5 Å². The van der Waals surface area contributed by atoms with E-state index in [1.165, 1.54) is 28.4 Å². The van der Waals surface area contributed by atoms with E-state index in [0.29, 0.717) is 5.75 Å². The van der Waals surface area contributed by atoms with Crippen LogP contribution in [0.4, 0.5) is 0 Å². The lowest BCUT2D eigenvalue weighted by molar-refractivity contribution is -0.154. The van der Waals surface area contributed by atoms with Crippen molar-refractivity contribution in [1.82, 2.24) is 10.2 Å². The molecule has 6 rings (SSSR count). The first-order valence-electron chi connectivity index (χ1n) is 13.6. The number of hydrogen-bond acceptors (Lipinski definition) is 6. The molecule has 2 aliphatic rings. The summed E-state index contributed by atoms with van der Waals surface area (Å²) >= 11 is 2.99. The van der Waals surface area contributed by atoms with Crippen LogP contribution in [0.1, 0.15) is 22.8 Å². The van der Waals surface area contributed by atoms with E-state index >= 15 is 0 Å². The zero-order valence-electron chi connectivity index (χ0n) is 22.6. The summed E-state index contributed by atoms with van der Waals surface area (Å²) in [4.78, 5) is 43.7. The quantitative estimate of drug-likeness (QED) is 0.191. The first-order valence-corrected chi connectivity index (χ1v) is 15.5. The third-order valence-corrected chi connectivity index (χ3v) is 9.62. The van der Waals surface area contributed by atoms with Gasteiger partial charge < -0.3 is 10.1 Å². The van der Waals surface area contributed by atoms with Crippen LogP contribution in [0.15, 0.2) is 137 Å². The van der Waals surface area contributed by atoms with E-state index < -0.39 is 23.5 Å². The molecule has 0 saturated carbocycles. The van der Waals surface area contributed by atoms with Crippen LogP contribution in [0.25, 0.3) is 0 Å². The highest BCUT2D eigenvalue weighted by Gasteiger charge is 2.54. The molecule has 0 aromatic heterocycles. The molecule has 6 nitrogen and oxygen atoms in total. The Morgan fingerprint density at radius 3 is 1.98 bits per heavy atom. The van der Waals surface area contributed by atoms with Crippen LogP contribution in [-0.4, -0.2) is 39.9 Å². The third kappa shape index (κ3) is 6.00. The molecule has 8 heteroatoms. The molecule has 4 aromatic carbocycles. The predicted octanol–water partition coefficient (Wildman–Crippen LogP) is 5.97. The van der Waals surface area contributed by atoms with Crippen LogP contribution in [0.3, 0.4) is 0 Å². The molecular formula is C34H28N2O4S2. The summed E-state index contributed by atoms with van der Waals surface area (Å²) in [7, 11) is 0. The summed E-state index contributed by atoms with van der Waals surface area (Å²) < 4.78 is 6.23. The second-order valence-corrected chi connectivity index (χ2v) is 12.2. The molecule has 2 aliphatic heterocycles. The number of carbonyl (C=O) groups is 3.